The molecule has 2 atom stereocenters. The number of amides is 1. The van der Waals surface area contributed by atoms with Crippen LogP contribution < -0.4 is 0 Å². The Hall–Kier alpha value is -3.09. The van der Waals surface area contributed by atoms with Gasteiger partial charge in [-0.2, -0.15) is 0 Å². The second-order valence-electron chi connectivity index (χ2n) is 8.32. The van der Waals surface area contributed by atoms with Gasteiger partial charge in [-0.05, 0) is 28.8 Å². The summed E-state index contributed by atoms with van der Waals surface area (Å²) in [4.78, 5) is 26.7. The molecule has 0 radical (unpaired) electrons. The van der Waals surface area contributed by atoms with Crippen molar-refractivity contribution in [1.82, 2.24) is 19.8 Å². The van der Waals surface area contributed by atoms with Crippen LogP contribution in [0.3, 0.4) is 0 Å². The van der Waals surface area contributed by atoms with Gasteiger partial charge in [0.1, 0.15) is 0 Å². The van der Waals surface area contributed by atoms with Crippen LogP contribution in [0.1, 0.15) is 22.6 Å². The first-order valence-electron chi connectivity index (χ1n) is 10.7. The molecule has 0 aliphatic carbocycles. The summed E-state index contributed by atoms with van der Waals surface area (Å²) in [5, 5.41) is 0. The lowest BCUT2D eigenvalue weighted by molar-refractivity contribution is -0.173. The zero-order valence-electron chi connectivity index (χ0n) is 17.4. The van der Waals surface area contributed by atoms with E-state index in [-0.39, 0.29) is 11.8 Å². The molecular weight excluding hydrogens is 388 g/mol. The van der Waals surface area contributed by atoms with Crippen LogP contribution in [0.4, 0.5) is 0 Å². The number of likely N-dealkylation sites (tertiary alicyclic amines) is 1. The third-order valence-corrected chi connectivity index (χ3v) is 6.26. The van der Waals surface area contributed by atoms with E-state index in [4.69, 9.17) is 4.74 Å². The maximum atomic E-state index is 13.9. The second kappa shape index (κ2) is 8.57. The van der Waals surface area contributed by atoms with E-state index < -0.39 is 5.60 Å². The van der Waals surface area contributed by atoms with Crippen LogP contribution in [0.5, 0.6) is 0 Å². The van der Waals surface area contributed by atoms with Crippen molar-refractivity contribution in [2.24, 2.45) is 0 Å². The number of pyridine rings is 2. The third kappa shape index (κ3) is 3.96. The van der Waals surface area contributed by atoms with Crippen molar-refractivity contribution < 1.29 is 9.53 Å². The highest BCUT2D eigenvalue weighted by Gasteiger charge is 2.56. The third-order valence-electron chi connectivity index (χ3n) is 6.26. The van der Waals surface area contributed by atoms with Gasteiger partial charge in [0.05, 0.1) is 6.61 Å². The van der Waals surface area contributed by atoms with Crippen LogP contribution in [-0.2, 0) is 22.6 Å². The minimum absolute atomic E-state index is 0.0658. The van der Waals surface area contributed by atoms with Gasteiger partial charge in [-0.3, -0.25) is 19.7 Å². The molecule has 0 N–H and O–H groups in total. The first-order chi connectivity index (χ1) is 15.2. The molecule has 0 unspecified atom stereocenters. The van der Waals surface area contributed by atoms with Gasteiger partial charge >= 0.3 is 0 Å². The molecule has 2 saturated heterocycles. The summed E-state index contributed by atoms with van der Waals surface area (Å²) in [5.74, 6) is 0.00841. The molecule has 6 nitrogen and oxygen atoms in total. The monoisotopic (exact) mass is 414 g/mol. The molecule has 1 amide bonds. The second-order valence-corrected chi connectivity index (χ2v) is 8.32. The van der Waals surface area contributed by atoms with E-state index in [0.717, 1.165) is 29.8 Å². The first-order valence-corrected chi connectivity index (χ1v) is 10.7. The van der Waals surface area contributed by atoms with Gasteiger partial charge in [-0.1, -0.05) is 42.5 Å². The molecule has 6 heteroatoms. The molecule has 1 spiro atoms. The molecule has 158 valence electrons. The number of rotatable bonds is 5. The Morgan fingerprint density at radius 1 is 0.935 bits per heavy atom. The Kier molecular flexibility index (Phi) is 5.49. The van der Waals surface area contributed by atoms with Gasteiger partial charge in [0, 0.05) is 63.4 Å². The van der Waals surface area contributed by atoms with Gasteiger partial charge in [0.15, 0.2) is 5.60 Å². The first kappa shape index (κ1) is 19.8. The predicted molar refractivity (Wildman–Crippen MR) is 117 cm³/mol. The van der Waals surface area contributed by atoms with E-state index in [1.165, 1.54) is 0 Å². The van der Waals surface area contributed by atoms with Gasteiger partial charge in [-0.15, -0.1) is 0 Å². The summed E-state index contributed by atoms with van der Waals surface area (Å²) in [6, 6.07) is 18.2. The van der Waals surface area contributed by atoms with E-state index in [2.05, 4.69) is 39.1 Å². The highest BCUT2D eigenvalue weighted by Crippen LogP contribution is 2.42. The Balaban J connectivity index is 1.45. The SMILES string of the molecule is O=C1N(Cc2ccccc2)CCO[C@]12CN(Cc1cccnc1)C[C@H]2c1cccnc1. The molecule has 2 fully saturated rings. The smallest absolute Gasteiger partial charge is 0.257 e. The van der Waals surface area contributed by atoms with Crippen LogP contribution in [0, 0.1) is 0 Å². The summed E-state index contributed by atoms with van der Waals surface area (Å²) in [6.07, 6.45) is 7.30. The van der Waals surface area contributed by atoms with Crippen molar-refractivity contribution in [3.63, 3.8) is 0 Å². The standard InChI is InChI=1S/C25H26N4O2/c30-24-25(31-13-12-29(24)17-20-6-2-1-3-7-20)19-28(16-21-8-4-10-26-14-21)18-23(25)22-9-5-11-27-15-22/h1-11,14-15,23H,12-13,16-19H2/t23-,25-/m0/s1. The van der Waals surface area contributed by atoms with Crippen molar-refractivity contribution in [2.45, 2.75) is 24.6 Å². The molecule has 3 aromatic rings. The van der Waals surface area contributed by atoms with E-state index in [1.807, 2.05) is 47.6 Å². The predicted octanol–water partition coefficient (Wildman–Crippen LogP) is 2.87. The molecule has 0 bridgehead atoms. The fourth-order valence-corrected chi connectivity index (χ4v) is 4.83. The molecule has 2 aliphatic rings. The normalized spacial score (nSPS) is 24.1. The van der Waals surface area contributed by atoms with Crippen LogP contribution >= 0.6 is 0 Å². The highest BCUT2D eigenvalue weighted by atomic mass is 16.5. The number of benzene rings is 1. The largest absolute Gasteiger partial charge is 0.361 e. The Morgan fingerprint density at radius 2 is 1.71 bits per heavy atom. The lowest BCUT2D eigenvalue weighted by Crippen LogP contribution is -2.59. The van der Waals surface area contributed by atoms with Crippen LogP contribution in [0.15, 0.2) is 79.4 Å². The van der Waals surface area contributed by atoms with Crippen molar-refractivity contribution >= 4 is 5.91 Å². The van der Waals surface area contributed by atoms with Gasteiger partial charge < -0.3 is 9.64 Å². The molecule has 5 rings (SSSR count). The number of hydrogen-bond donors (Lipinski definition) is 0. The average Bonchev–Trinajstić information content (AvgIpc) is 3.17. The van der Waals surface area contributed by atoms with E-state index in [1.54, 1.807) is 12.4 Å². The van der Waals surface area contributed by atoms with Crippen molar-refractivity contribution in [3.8, 4) is 0 Å². The summed E-state index contributed by atoms with van der Waals surface area (Å²) < 4.78 is 6.37. The quantitative estimate of drug-likeness (QED) is 0.643. The van der Waals surface area contributed by atoms with E-state index in [0.29, 0.717) is 26.2 Å². The van der Waals surface area contributed by atoms with Crippen LogP contribution in [0.2, 0.25) is 0 Å². The summed E-state index contributed by atoms with van der Waals surface area (Å²) in [6.45, 7) is 3.79. The number of carbonyl (C=O) groups is 1. The van der Waals surface area contributed by atoms with Crippen LogP contribution in [-0.4, -0.2) is 57.5 Å². The summed E-state index contributed by atoms with van der Waals surface area (Å²) >= 11 is 0. The number of morpholine rings is 1. The van der Waals surface area contributed by atoms with Crippen molar-refractivity contribution in [2.75, 3.05) is 26.2 Å². The molecule has 2 aromatic heterocycles. The number of aromatic nitrogens is 2. The Bertz CT molecular complexity index is 1020. The highest BCUT2D eigenvalue weighted by molar-refractivity contribution is 5.88. The summed E-state index contributed by atoms with van der Waals surface area (Å²) in [5.41, 5.74) is 2.43. The maximum absolute atomic E-state index is 13.9. The molecular formula is C25H26N4O2. The van der Waals surface area contributed by atoms with Gasteiger partial charge in [-0.25, -0.2) is 0 Å². The molecule has 1 aromatic carbocycles. The minimum Gasteiger partial charge on any atom is -0.361 e. The van der Waals surface area contributed by atoms with Crippen LogP contribution in [0.25, 0.3) is 0 Å². The lowest BCUT2D eigenvalue weighted by Gasteiger charge is -2.42. The molecule has 2 aliphatic heterocycles. The van der Waals surface area contributed by atoms with Gasteiger partial charge in [0.2, 0.25) is 0 Å². The van der Waals surface area contributed by atoms with Crippen molar-refractivity contribution in [3.05, 3.63) is 96.1 Å². The Morgan fingerprint density at radius 3 is 2.45 bits per heavy atom. The zero-order valence-corrected chi connectivity index (χ0v) is 17.4. The number of ether oxygens (including phenoxy) is 1. The number of nitrogens with zero attached hydrogens (tertiary/aromatic N) is 4. The van der Waals surface area contributed by atoms with E-state index >= 15 is 0 Å². The molecule has 4 heterocycles. The summed E-state index contributed by atoms with van der Waals surface area (Å²) in [7, 11) is 0. The zero-order chi connectivity index (χ0) is 21.1. The van der Waals surface area contributed by atoms with E-state index in [9.17, 15) is 4.79 Å². The molecule has 31 heavy (non-hydrogen) atoms. The maximum Gasteiger partial charge on any atom is 0.257 e. The average molecular weight is 415 g/mol. The fourth-order valence-electron chi connectivity index (χ4n) is 4.83. The van der Waals surface area contributed by atoms with Gasteiger partial charge in [0.25, 0.3) is 5.91 Å². The fraction of sp³-hybridized carbons (Fsp3) is 0.320. The molecule has 0 saturated carbocycles. The van der Waals surface area contributed by atoms with Crippen molar-refractivity contribution in [1.29, 1.82) is 0 Å². The lowest BCUT2D eigenvalue weighted by atomic mass is 9.83. The number of hydrogen-bond acceptors (Lipinski definition) is 5. The minimum atomic E-state index is -0.891. The Labute approximate surface area is 182 Å². The number of carbonyl (C=O) groups excluding carboxylic acids is 1. The topological polar surface area (TPSA) is 58.6 Å².